The average molecular weight is 453 g/mol. The molecule has 0 aliphatic carbocycles. The molecule has 184 valence electrons. The fraction of sp³-hybridized carbons (Fsp3) is 0.613. The third-order valence-corrected chi connectivity index (χ3v) is 7.53. The Labute approximate surface area is 203 Å². The highest BCUT2D eigenvalue weighted by Crippen LogP contribution is 2.34. The fourth-order valence-corrected chi connectivity index (χ4v) is 5.78. The molecule has 4 unspecified atom stereocenters. The monoisotopic (exact) mass is 452 g/mol. The highest BCUT2D eigenvalue weighted by molar-refractivity contribution is 5.38. The van der Waals surface area contributed by atoms with Crippen molar-refractivity contribution >= 4 is 0 Å². The van der Waals surface area contributed by atoms with Gasteiger partial charge < -0.3 is 10.2 Å². The summed E-state index contributed by atoms with van der Waals surface area (Å²) in [6.45, 7) is 13.2. The van der Waals surface area contributed by atoms with Crippen LogP contribution in [0.15, 0.2) is 36.4 Å². The van der Waals surface area contributed by atoms with E-state index in [0.717, 1.165) is 57.8 Å². The van der Waals surface area contributed by atoms with Crippen molar-refractivity contribution in [2.75, 3.05) is 0 Å². The van der Waals surface area contributed by atoms with Gasteiger partial charge in [-0.25, -0.2) is 0 Å². The second-order valence-corrected chi connectivity index (χ2v) is 9.85. The van der Waals surface area contributed by atoms with Gasteiger partial charge in [-0.2, -0.15) is 0 Å². The van der Waals surface area contributed by atoms with Crippen LogP contribution >= 0.6 is 0 Å². The van der Waals surface area contributed by atoms with E-state index < -0.39 is 0 Å². The smallest absolute Gasteiger partial charge is 0.0608 e. The lowest BCUT2D eigenvalue weighted by atomic mass is 9.80. The molecule has 33 heavy (non-hydrogen) atoms. The first-order valence-corrected chi connectivity index (χ1v) is 13.4. The SMILES string of the molecule is CCCC(c1cccc(C)c1CC)C(O)CCCC(O)C(CCC)c1cccc(C)c1CC. The average Bonchev–Trinajstić information content (AvgIpc) is 2.80. The lowest BCUT2D eigenvalue weighted by Crippen LogP contribution is -2.23. The van der Waals surface area contributed by atoms with Gasteiger partial charge in [0, 0.05) is 11.8 Å². The molecule has 2 nitrogen and oxygen atoms in total. The summed E-state index contributed by atoms with van der Waals surface area (Å²) in [7, 11) is 0. The summed E-state index contributed by atoms with van der Waals surface area (Å²) in [6, 6.07) is 13.0. The summed E-state index contributed by atoms with van der Waals surface area (Å²) in [5, 5.41) is 22.4. The molecule has 2 rings (SSSR count). The molecule has 0 amide bonds. The van der Waals surface area contributed by atoms with Crippen LogP contribution in [0.2, 0.25) is 0 Å². The van der Waals surface area contributed by atoms with Gasteiger partial charge in [0.15, 0.2) is 0 Å². The predicted molar refractivity (Wildman–Crippen MR) is 142 cm³/mol. The summed E-state index contributed by atoms with van der Waals surface area (Å²) in [6.07, 6.45) is 7.74. The van der Waals surface area contributed by atoms with Crippen LogP contribution in [0, 0.1) is 13.8 Å². The van der Waals surface area contributed by atoms with Gasteiger partial charge in [0.05, 0.1) is 12.2 Å². The van der Waals surface area contributed by atoms with E-state index in [1.54, 1.807) is 0 Å². The molecular formula is C31H48O2. The first kappa shape index (κ1) is 27.6. The minimum atomic E-state index is -0.362. The maximum atomic E-state index is 11.2. The first-order valence-electron chi connectivity index (χ1n) is 13.4. The van der Waals surface area contributed by atoms with E-state index in [-0.39, 0.29) is 24.0 Å². The summed E-state index contributed by atoms with van der Waals surface area (Å²) in [5.74, 6) is 0.355. The van der Waals surface area contributed by atoms with Crippen LogP contribution < -0.4 is 0 Å². The highest BCUT2D eigenvalue weighted by Gasteiger charge is 2.26. The molecule has 2 aromatic carbocycles. The van der Waals surface area contributed by atoms with E-state index in [0.29, 0.717) is 0 Å². The van der Waals surface area contributed by atoms with Crippen molar-refractivity contribution in [2.45, 2.75) is 123 Å². The molecule has 0 aliphatic rings. The van der Waals surface area contributed by atoms with Crippen molar-refractivity contribution in [3.05, 3.63) is 69.8 Å². The Bertz CT molecular complexity index is 771. The second-order valence-electron chi connectivity index (χ2n) is 9.85. The van der Waals surface area contributed by atoms with Crippen molar-refractivity contribution in [3.63, 3.8) is 0 Å². The topological polar surface area (TPSA) is 40.5 Å². The Morgan fingerprint density at radius 3 is 1.33 bits per heavy atom. The first-order chi connectivity index (χ1) is 15.9. The Morgan fingerprint density at radius 2 is 1.00 bits per heavy atom. The van der Waals surface area contributed by atoms with Gasteiger partial charge in [-0.05, 0) is 92.2 Å². The zero-order valence-electron chi connectivity index (χ0n) is 22.0. The molecule has 0 spiro atoms. The van der Waals surface area contributed by atoms with Gasteiger partial charge in [0.25, 0.3) is 0 Å². The molecule has 0 bridgehead atoms. The molecule has 0 aliphatic heterocycles. The Kier molecular flexibility index (Phi) is 11.6. The van der Waals surface area contributed by atoms with Crippen molar-refractivity contribution in [3.8, 4) is 0 Å². The number of aliphatic hydroxyl groups excluding tert-OH is 2. The Morgan fingerprint density at radius 1 is 0.606 bits per heavy atom. The Balaban J connectivity index is 2.10. The zero-order valence-corrected chi connectivity index (χ0v) is 22.0. The molecule has 2 heteroatoms. The van der Waals surface area contributed by atoms with Crippen LogP contribution in [-0.2, 0) is 12.8 Å². The predicted octanol–water partition coefficient (Wildman–Crippen LogP) is 7.79. The van der Waals surface area contributed by atoms with Crippen molar-refractivity contribution in [1.82, 2.24) is 0 Å². The number of hydrogen-bond donors (Lipinski definition) is 2. The molecule has 0 fully saturated rings. The van der Waals surface area contributed by atoms with Gasteiger partial charge >= 0.3 is 0 Å². The molecule has 0 saturated heterocycles. The molecular weight excluding hydrogens is 404 g/mol. The molecule has 2 aromatic rings. The fourth-order valence-electron chi connectivity index (χ4n) is 5.78. The quantitative estimate of drug-likeness (QED) is 0.307. The molecule has 2 N–H and O–H groups in total. The number of aliphatic hydroxyl groups is 2. The molecule has 0 heterocycles. The van der Waals surface area contributed by atoms with Gasteiger partial charge in [-0.1, -0.05) is 76.9 Å². The largest absolute Gasteiger partial charge is 0.392 e. The van der Waals surface area contributed by atoms with Crippen LogP contribution in [-0.4, -0.2) is 22.4 Å². The van der Waals surface area contributed by atoms with E-state index in [2.05, 4.69) is 77.9 Å². The summed E-state index contributed by atoms with van der Waals surface area (Å²) in [5.41, 5.74) is 8.08. The minimum absolute atomic E-state index is 0.178. The second kappa shape index (κ2) is 13.9. The van der Waals surface area contributed by atoms with Gasteiger partial charge in [0.2, 0.25) is 0 Å². The van der Waals surface area contributed by atoms with Crippen LogP contribution in [0.25, 0.3) is 0 Å². The Hall–Kier alpha value is -1.64. The van der Waals surface area contributed by atoms with Crippen LogP contribution in [0.1, 0.15) is 118 Å². The standard InChI is InChI=1S/C31H48O2/c1-7-14-28(26-18-11-16-22(5)24(26)9-3)30(32)20-13-21-31(33)29(15-8-2)27-19-12-17-23(6)25(27)10-4/h11-12,16-19,28-33H,7-10,13-15,20-21H2,1-6H3. The van der Waals surface area contributed by atoms with Gasteiger partial charge in [-0.3, -0.25) is 0 Å². The van der Waals surface area contributed by atoms with Crippen molar-refractivity contribution < 1.29 is 10.2 Å². The molecule has 0 saturated carbocycles. The van der Waals surface area contributed by atoms with Crippen molar-refractivity contribution in [1.29, 1.82) is 0 Å². The molecule has 4 atom stereocenters. The molecule has 0 radical (unpaired) electrons. The van der Waals surface area contributed by atoms with E-state index >= 15 is 0 Å². The lowest BCUT2D eigenvalue weighted by Gasteiger charge is -2.28. The summed E-state index contributed by atoms with van der Waals surface area (Å²) < 4.78 is 0. The van der Waals surface area contributed by atoms with E-state index in [1.807, 2.05) is 0 Å². The van der Waals surface area contributed by atoms with Crippen LogP contribution in [0.5, 0.6) is 0 Å². The van der Waals surface area contributed by atoms with E-state index in [4.69, 9.17) is 0 Å². The van der Waals surface area contributed by atoms with Crippen molar-refractivity contribution in [2.24, 2.45) is 0 Å². The maximum Gasteiger partial charge on any atom is 0.0608 e. The number of benzene rings is 2. The van der Waals surface area contributed by atoms with E-state index in [1.165, 1.54) is 33.4 Å². The van der Waals surface area contributed by atoms with E-state index in [9.17, 15) is 10.2 Å². The maximum absolute atomic E-state index is 11.2. The van der Waals surface area contributed by atoms with Crippen LogP contribution in [0.4, 0.5) is 0 Å². The van der Waals surface area contributed by atoms with Gasteiger partial charge in [0.1, 0.15) is 0 Å². The third kappa shape index (κ3) is 7.17. The number of aryl methyl sites for hydroxylation is 2. The number of rotatable bonds is 14. The van der Waals surface area contributed by atoms with Gasteiger partial charge in [-0.15, -0.1) is 0 Å². The normalized spacial score (nSPS) is 15.3. The zero-order chi connectivity index (χ0) is 24.4. The number of hydrogen-bond acceptors (Lipinski definition) is 2. The lowest BCUT2D eigenvalue weighted by molar-refractivity contribution is 0.0996. The summed E-state index contributed by atoms with van der Waals surface area (Å²) in [4.78, 5) is 0. The minimum Gasteiger partial charge on any atom is -0.392 e. The third-order valence-electron chi connectivity index (χ3n) is 7.53. The molecule has 0 aromatic heterocycles. The summed E-state index contributed by atoms with van der Waals surface area (Å²) >= 11 is 0. The van der Waals surface area contributed by atoms with Crippen LogP contribution in [0.3, 0.4) is 0 Å². The highest BCUT2D eigenvalue weighted by atomic mass is 16.3.